The summed E-state index contributed by atoms with van der Waals surface area (Å²) in [5.41, 5.74) is 6.97. The average Bonchev–Trinajstić information content (AvgIpc) is 3.30. The van der Waals surface area contributed by atoms with Gasteiger partial charge < -0.3 is 0 Å². The first-order chi connectivity index (χ1) is 13.3. The largest absolute Gasteiger partial charge is 0.207 e. The van der Waals surface area contributed by atoms with Crippen molar-refractivity contribution in [2.45, 2.75) is 60.3 Å². The van der Waals surface area contributed by atoms with Gasteiger partial charge in [-0.25, -0.2) is 4.39 Å². The first kappa shape index (κ1) is 19.4. The number of halogens is 1. The minimum Gasteiger partial charge on any atom is -0.207 e. The van der Waals surface area contributed by atoms with Crippen LogP contribution in [0.25, 0.3) is 0 Å². The molecule has 0 aliphatic heterocycles. The molecule has 0 nitrogen and oxygen atoms in total. The minimum atomic E-state index is -0.290. The summed E-state index contributed by atoms with van der Waals surface area (Å²) in [4.78, 5) is 0. The first-order valence-corrected chi connectivity index (χ1v) is 10.8. The Bertz CT molecular complexity index is 912. The van der Waals surface area contributed by atoms with Crippen LogP contribution in [0.5, 0.6) is 0 Å². The molecule has 0 amide bonds. The molecule has 0 aromatic carbocycles. The standard InChI is InChI=1S/C27H33F/c1-7-10-19-11-9-12-20-23(19)18(4)24-21(27(15-8-2)16-17(27)3)13-14-22(28)25(24)26(20,5)6/h7-8,10-11,14-15,17,21H,4,9,12-13,16H2,1-3,5-6H3/b10-7-,15-8?. The third kappa shape index (κ3) is 2.55. The van der Waals surface area contributed by atoms with Gasteiger partial charge in [-0.3, -0.25) is 0 Å². The highest BCUT2D eigenvalue weighted by atomic mass is 19.1. The Balaban J connectivity index is 1.92. The van der Waals surface area contributed by atoms with Crippen LogP contribution in [-0.4, -0.2) is 0 Å². The predicted molar refractivity (Wildman–Crippen MR) is 117 cm³/mol. The van der Waals surface area contributed by atoms with Crippen molar-refractivity contribution in [3.05, 3.63) is 82.3 Å². The molecule has 1 fully saturated rings. The third-order valence-corrected chi connectivity index (χ3v) is 7.63. The van der Waals surface area contributed by atoms with Crippen LogP contribution in [0.1, 0.15) is 60.3 Å². The second-order valence-electron chi connectivity index (χ2n) is 9.50. The Morgan fingerprint density at radius 2 is 1.89 bits per heavy atom. The zero-order valence-electron chi connectivity index (χ0n) is 18.0. The van der Waals surface area contributed by atoms with Crippen molar-refractivity contribution in [1.82, 2.24) is 0 Å². The van der Waals surface area contributed by atoms with E-state index in [1.165, 1.54) is 28.7 Å². The van der Waals surface area contributed by atoms with E-state index in [0.717, 1.165) is 30.4 Å². The van der Waals surface area contributed by atoms with Crippen LogP contribution in [0.3, 0.4) is 0 Å². The van der Waals surface area contributed by atoms with Gasteiger partial charge in [0.2, 0.25) is 0 Å². The van der Waals surface area contributed by atoms with Crippen LogP contribution < -0.4 is 0 Å². The van der Waals surface area contributed by atoms with Crippen molar-refractivity contribution in [2.24, 2.45) is 22.7 Å². The molecule has 148 valence electrons. The lowest BCUT2D eigenvalue weighted by atomic mass is 9.58. The van der Waals surface area contributed by atoms with Gasteiger partial charge in [-0.2, -0.15) is 0 Å². The van der Waals surface area contributed by atoms with Crippen LogP contribution in [0.15, 0.2) is 82.3 Å². The molecule has 0 N–H and O–H groups in total. The molecule has 4 aliphatic carbocycles. The molecule has 4 aliphatic rings. The van der Waals surface area contributed by atoms with Gasteiger partial charge in [0.15, 0.2) is 0 Å². The number of rotatable bonds is 3. The SMILES string of the molecule is C=C1C2=C(CCC=C2/C=C\C)C(C)(C)C2=C1C(C1(C=CC)CC1C)CC=C2F. The van der Waals surface area contributed by atoms with Crippen molar-refractivity contribution >= 4 is 0 Å². The summed E-state index contributed by atoms with van der Waals surface area (Å²) < 4.78 is 15.4. The molecule has 0 spiro atoms. The summed E-state index contributed by atoms with van der Waals surface area (Å²) in [6.07, 6.45) is 17.0. The highest BCUT2D eigenvalue weighted by Gasteiger charge is 2.58. The molecule has 0 bridgehead atoms. The Kier molecular flexibility index (Phi) is 4.56. The normalized spacial score (nSPS) is 34.6. The molecule has 1 saturated carbocycles. The fourth-order valence-electron chi connectivity index (χ4n) is 6.22. The van der Waals surface area contributed by atoms with E-state index in [2.05, 4.69) is 71.6 Å². The molecule has 0 radical (unpaired) electrons. The maximum atomic E-state index is 15.4. The second-order valence-corrected chi connectivity index (χ2v) is 9.50. The van der Waals surface area contributed by atoms with Crippen LogP contribution in [0.4, 0.5) is 4.39 Å². The highest BCUT2D eigenvalue weighted by molar-refractivity contribution is 5.71. The summed E-state index contributed by atoms with van der Waals surface area (Å²) in [5.74, 6) is 0.943. The Morgan fingerprint density at radius 1 is 1.18 bits per heavy atom. The predicted octanol–water partition coefficient (Wildman–Crippen LogP) is 7.95. The summed E-state index contributed by atoms with van der Waals surface area (Å²) in [6, 6.07) is 0. The van der Waals surface area contributed by atoms with Crippen molar-refractivity contribution in [3.63, 3.8) is 0 Å². The van der Waals surface area contributed by atoms with Crippen LogP contribution in [-0.2, 0) is 0 Å². The van der Waals surface area contributed by atoms with Gasteiger partial charge in [0.05, 0.1) is 0 Å². The number of hydrogen-bond donors (Lipinski definition) is 0. The zero-order chi connectivity index (χ0) is 20.3. The smallest absolute Gasteiger partial charge is 0.123 e. The van der Waals surface area contributed by atoms with Gasteiger partial charge in [0, 0.05) is 11.0 Å². The lowest BCUT2D eigenvalue weighted by Gasteiger charge is -2.46. The number of allylic oxidation sites excluding steroid dienone is 13. The minimum absolute atomic E-state index is 0.0185. The molecule has 1 heteroatoms. The van der Waals surface area contributed by atoms with Gasteiger partial charge >= 0.3 is 0 Å². The number of hydrogen-bond acceptors (Lipinski definition) is 0. The van der Waals surface area contributed by atoms with Crippen LogP contribution in [0, 0.1) is 22.7 Å². The van der Waals surface area contributed by atoms with Gasteiger partial charge in [-0.1, -0.05) is 63.3 Å². The van der Waals surface area contributed by atoms with E-state index in [1.807, 2.05) is 6.08 Å². The Hall–Kier alpha value is -1.89. The molecule has 0 saturated heterocycles. The summed E-state index contributed by atoms with van der Waals surface area (Å²) in [7, 11) is 0. The lowest BCUT2D eigenvalue weighted by molar-refractivity contribution is 0.370. The molecule has 4 rings (SSSR count). The van der Waals surface area contributed by atoms with Crippen molar-refractivity contribution in [1.29, 1.82) is 0 Å². The van der Waals surface area contributed by atoms with E-state index in [-0.39, 0.29) is 16.7 Å². The van der Waals surface area contributed by atoms with E-state index in [1.54, 1.807) is 0 Å². The maximum Gasteiger partial charge on any atom is 0.123 e. The second kappa shape index (κ2) is 6.58. The van der Waals surface area contributed by atoms with E-state index < -0.39 is 0 Å². The lowest BCUT2D eigenvalue weighted by Crippen LogP contribution is -2.34. The Labute approximate surface area is 170 Å². The molecule has 3 unspecified atom stereocenters. The van der Waals surface area contributed by atoms with Crippen molar-refractivity contribution in [2.75, 3.05) is 0 Å². The van der Waals surface area contributed by atoms with E-state index in [0.29, 0.717) is 11.8 Å². The molecule has 0 aromatic heterocycles. The summed E-state index contributed by atoms with van der Waals surface area (Å²) in [6.45, 7) is 15.5. The molecule has 0 aromatic rings. The zero-order valence-corrected chi connectivity index (χ0v) is 18.0. The molecular formula is C27H33F. The van der Waals surface area contributed by atoms with Gasteiger partial charge in [-0.15, -0.1) is 0 Å². The van der Waals surface area contributed by atoms with Crippen LogP contribution in [0.2, 0.25) is 0 Å². The van der Waals surface area contributed by atoms with Gasteiger partial charge in [-0.05, 0) is 85.2 Å². The molecule has 3 atom stereocenters. The van der Waals surface area contributed by atoms with E-state index >= 15 is 4.39 Å². The quantitative estimate of drug-likeness (QED) is 0.438. The third-order valence-electron chi connectivity index (χ3n) is 7.63. The average molecular weight is 377 g/mol. The van der Waals surface area contributed by atoms with Gasteiger partial charge in [0.25, 0.3) is 0 Å². The van der Waals surface area contributed by atoms with E-state index in [4.69, 9.17) is 0 Å². The van der Waals surface area contributed by atoms with Crippen molar-refractivity contribution < 1.29 is 4.39 Å². The van der Waals surface area contributed by atoms with Gasteiger partial charge in [0.1, 0.15) is 5.83 Å². The van der Waals surface area contributed by atoms with Crippen molar-refractivity contribution in [3.8, 4) is 0 Å². The topological polar surface area (TPSA) is 0 Å². The molecule has 28 heavy (non-hydrogen) atoms. The fourth-order valence-corrected chi connectivity index (χ4v) is 6.22. The highest BCUT2D eigenvalue weighted by Crippen LogP contribution is 2.67. The Morgan fingerprint density at radius 3 is 2.50 bits per heavy atom. The summed E-state index contributed by atoms with van der Waals surface area (Å²) >= 11 is 0. The van der Waals surface area contributed by atoms with Crippen LogP contribution >= 0.6 is 0 Å². The fraction of sp³-hybridized carbons (Fsp3) is 0.481. The molecular weight excluding hydrogens is 343 g/mol. The first-order valence-electron chi connectivity index (χ1n) is 10.8. The summed E-state index contributed by atoms with van der Waals surface area (Å²) in [5, 5.41) is 0. The monoisotopic (exact) mass is 376 g/mol. The maximum absolute atomic E-state index is 15.4. The molecule has 0 heterocycles. The van der Waals surface area contributed by atoms with E-state index in [9.17, 15) is 0 Å².